The van der Waals surface area contributed by atoms with Gasteiger partial charge in [0.15, 0.2) is 0 Å². The molecule has 1 unspecified atom stereocenters. The van der Waals surface area contributed by atoms with Gasteiger partial charge in [-0.25, -0.2) is 17.9 Å². The van der Waals surface area contributed by atoms with Crippen molar-refractivity contribution in [2.24, 2.45) is 0 Å². The molecular formula is C21H24ClNO5S. The minimum Gasteiger partial charge on any atom is -0.487 e. The highest BCUT2D eigenvalue weighted by molar-refractivity contribution is 7.89. The monoisotopic (exact) mass is 437 g/mol. The number of benzene rings is 2. The Kier molecular flexibility index (Phi) is 6.22. The van der Waals surface area contributed by atoms with Crippen LogP contribution < -0.4 is 9.46 Å². The Labute approximate surface area is 176 Å². The van der Waals surface area contributed by atoms with E-state index in [-0.39, 0.29) is 15.5 Å². The van der Waals surface area contributed by atoms with Crippen molar-refractivity contribution in [3.63, 3.8) is 0 Å². The Morgan fingerprint density at radius 1 is 1.24 bits per heavy atom. The molecule has 0 saturated carbocycles. The van der Waals surface area contributed by atoms with Gasteiger partial charge in [-0.05, 0) is 37.1 Å². The Bertz CT molecular complexity index is 1020. The smallest absolute Gasteiger partial charge is 0.337 e. The maximum Gasteiger partial charge on any atom is 0.337 e. The number of nitrogens with one attached hydrogen (secondary N) is 1. The molecule has 0 aromatic heterocycles. The van der Waals surface area contributed by atoms with E-state index < -0.39 is 27.6 Å². The van der Waals surface area contributed by atoms with Crippen molar-refractivity contribution in [1.29, 1.82) is 0 Å². The number of carbonyl (C=O) groups excluding carboxylic acids is 1. The maximum atomic E-state index is 13.2. The minimum atomic E-state index is -4.01. The summed E-state index contributed by atoms with van der Waals surface area (Å²) in [7, 11) is -2.78. The molecule has 0 spiro atoms. The van der Waals surface area contributed by atoms with Gasteiger partial charge in [-0.1, -0.05) is 43.6 Å². The molecule has 6 nitrogen and oxygen atoms in total. The van der Waals surface area contributed by atoms with Crippen LogP contribution in [0.1, 0.15) is 55.1 Å². The van der Waals surface area contributed by atoms with E-state index in [0.717, 1.165) is 18.4 Å². The van der Waals surface area contributed by atoms with Crippen LogP contribution >= 0.6 is 11.6 Å². The molecular weight excluding hydrogens is 414 g/mol. The second-order valence-electron chi connectivity index (χ2n) is 7.04. The van der Waals surface area contributed by atoms with E-state index in [1.54, 1.807) is 0 Å². The molecule has 156 valence electrons. The van der Waals surface area contributed by atoms with Crippen molar-refractivity contribution >= 4 is 27.6 Å². The number of carbonyl (C=O) groups is 1. The first-order valence-corrected chi connectivity index (χ1v) is 11.3. The summed E-state index contributed by atoms with van der Waals surface area (Å²) < 4.78 is 40.1. The number of hydrogen-bond acceptors (Lipinski definition) is 5. The van der Waals surface area contributed by atoms with E-state index in [9.17, 15) is 13.2 Å². The molecule has 29 heavy (non-hydrogen) atoms. The van der Waals surface area contributed by atoms with Gasteiger partial charge in [0.25, 0.3) is 0 Å². The summed E-state index contributed by atoms with van der Waals surface area (Å²) in [6.07, 6.45) is 1.98. The molecule has 0 radical (unpaired) electrons. The summed E-state index contributed by atoms with van der Waals surface area (Å²) in [6, 6.07) is 11.0. The van der Waals surface area contributed by atoms with Gasteiger partial charge in [-0.3, -0.25) is 0 Å². The van der Waals surface area contributed by atoms with Crippen LogP contribution in [0.2, 0.25) is 5.02 Å². The van der Waals surface area contributed by atoms with Crippen LogP contribution in [0.25, 0.3) is 0 Å². The van der Waals surface area contributed by atoms with Crippen LogP contribution in [0.5, 0.6) is 5.75 Å². The molecule has 2 aromatic carbocycles. The number of hydrogen-bond donors (Lipinski definition) is 1. The first-order valence-electron chi connectivity index (χ1n) is 9.43. The van der Waals surface area contributed by atoms with Crippen molar-refractivity contribution in [3.8, 4) is 5.75 Å². The Morgan fingerprint density at radius 3 is 2.59 bits per heavy atom. The largest absolute Gasteiger partial charge is 0.487 e. The lowest BCUT2D eigenvalue weighted by molar-refractivity contribution is 0.0260. The lowest BCUT2D eigenvalue weighted by Gasteiger charge is -2.41. The highest BCUT2D eigenvalue weighted by Crippen LogP contribution is 2.43. The van der Waals surface area contributed by atoms with Crippen LogP contribution in [-0.2, 0) is 14.8 Å². The normalized spacial score (nSPS) is 17.9. The lowest BCUT2D eigenvalue weighted by atomic mass is 9.84. The van der Waals surface area contributed by atoms with E-state index in [4.69, 9.17) is 16.3 Å². The van der Waals surface area contributed by atoms with E-state index in [1.807, 2.05) is 38.1 Å². The highest BCUT2D eigenvalue weighted by Gasteiger charge is 2.40. The quantitative estimate of drug-likeness (QED) is 0.673. The summed E-state index contributed by atoms with van der Waals surface area (Å²) in [5, 5.41) is 0.0303. The van der Waals surface area contributed by atoms with E-state index in [1.165, 1.54) is 25.3 Å². The topological polar surface area (TPSA) is 81.7 Å². The minimum absolute atomic E-state index is 0.0303. The van der Waals surface area contributed by atoms with Crippen molar-refractivity contribution in [3.05, 3.63) is 58.6 Å². The number of methoxy groups -OCH3 is 1. The van der Waals surface area contributed by atoms with Crippen molar-refractivity contribution in [1.82, 2.24) is 4.72 Å². The van der Waals surface area contributed by atoms with Crippen LogP contribution in [0.15, 0.2) is 47.4 Å². The fraction of sp³-hybridized carbons (Fsp3) is 0.381. The standard InChI is InChI=1S/C21H24ClNO5S/c1-4-21(5-2)13-17(15-8-6-7-9-18(15)28-21)23-29(25,26)19-12-14(20(24)27-3)10-11-16(19)22/h6-12,17,23H,4-5,13H2,1-3H3. The molecule has 1 atom stereocenters. The Balaban J connectivity index is 2.01. The number of rotatable bonds is 6. The summed E-state index contributed by atoms with van der Waals surface area (Å²) in [5.41, 5.74) is 0.425. The molecule has 0 bridgehead atoms. The Hall–Kier alpha value is -2.09. The number of halogens is 1. The van der Waals surface area contributed by atoms with Crippen LogP contribution in [0.3, 0.4) is 0 Å². The zero-order chi connectivity index (χ0) is 21.2. The SMILES string of the molecule is CCC1(CC)CC(NS(=O)(=O)c2cc(C(=O)OC)ccc2Cl)c2ccccc2O1. The summed E-state index contributed by atoms with van der Waals surface area (Å²) in [4.78, 5) is 11.7. The van der Waals surface area contributed by atoms with Gasteiger partial charge >= 0.3 is 5.97 Å². The van der Waals surface area contributed by atoms with Gasteiger partial charge in [-0.2, -0.15) is 0 Å². The van der Waals surface area contributed by atoms with E-state index >= 15 is 0 Å². The lowest BCUT2D eigenvalue weighted by Crippen LogP contribution is -2.44. The zero-order valence-corrected chi connectivity index (χ0v) is 18.1. The number of sulfonamides is 1. The van der Waals surface area contributed by atoms with Gasteiger partial charge in [-0.15, -0.1) is 0 Å². The average molecular weight is 438 g/mol. The molecule has 8 heteroatoms. The van der Waals surface area contributed by atoms with Gasteiger partial charge in [0.05, 0.1) is 23.7 Å². The average Bonchev–Trinajstić information content (AvgIpc) is 2.72. The van der Waals surface area contributed by atoms with Crippen molar-refractivity contribution < 1.29 is 22.7 Å². The molecule has 0 saturated heterocycles. The third-order valence-corrected chi connectivity index (χ3v) is 7.38. The number of esters is 1. The summed E-state index contributed by atoms with van der Waals surface area (Å²) in [6.45, 7) is 4.05. The number of fused-ring (bicyclic) bond motifs is 1. The fourth-order valence-electron chi connectivity index (χ4n) is 3.61. The first kappa shape index (κ1) is 21.6. The van der Waals surface area contributed by atoms with Crippen LogP contribution in [-0.4, -0.2) is 27.1 Å². The highest BCUT2D eigenvalue weighted by atomic mass is 35.5. The number of para-hydroxylation sites is 1. The van der Waals surface area contributed by atoms with Crippen LogP contribution in [0.4, 0.5) is 0 Å². The number of ether oxygens (including phenoxy) is 2. The third kappa shape index (κ3) is 4.27. The summed E-state index contributed by atoms with van der Waals surface area (Å²) in [5.74, 6) is 0.0371. The van der Waals surface area contributed by atoms with Crippen molar-refractivity contribution in [2.75, 3.05) is 7.11 Å². The predicted molar refractivity (Wildman–Crippen MR) is 111 cm³/mol. The molecule has 1 aliphatic rings. The molecule has 0 aliphatic carbocycles. The molecule has 2 aromatic rings. The molecule has 1 aliphatic heterocycles. The molecule has 3 rings (SSSR count). The molecule has 0 fully saturated rings. The Morgan fingerprint density at radius 2 is 1.93 bits per heavy atom. The molecule has 1 heterocycles. The maximum absolute atomic E-state index is 13.2. The van der Waals surface area contributed by atoms with E-state index in [2.05, 4.69) is 9.46 Å². The van der Waals surface area contributed by atoms with Gasteiger partial charge in [0.2, 0.25) is 10.0 Å². The molecule has 1 N–H and O–H groups in total. The van der Waals surface area contributed by atoms with Crippen LogP contribution in [0, 0.1) is 0 Å². The van der Waals surface area contributed by atoms with Gasteiger partial charge < -0.3 is 9.47 Å². The zero-order valence-electron chi connectivity index (χ0n) is 16.6. The van der Waals surface area contributed by atoms with Gasteiger partial charge in [0, 0.05) is 12.0 Å². The second-order valence-corrected chi connectivity index (χ2v) is 9.13. The first-order chi connectivity index (χ1) is 13.7. The van der Waals surface area contributed by atoms with E-state index in [0.29, 0.717) is 12.2 Å². The fourth-order valence-corrected chi connectivity index (χ4v) is 5.35. The summed E-state index contributed by atoms with van der Waals surface area (Å²) >= 11 is 6.16. The van der Waals surface area contributed by atoms with Crippen molar-refractivity contribution in [2.45, 2.75) is 49.6 Å². The third-order valence-electron chi connectivity index (χ3n) is 5.42. The second kappa shape index (κ2) is 8.34. The molecule has 0 amide bonds. The predicted octanol–water partition coefficient (Wildman–Crippen LogP) is 4.49. The van der Waals surface area contributed by atoms with Gasteiger partial charge in [0.1, 0.15) is 16.2 Å².